The molecule has 1 heterocycles. The van der Waals surface area contributed by atoms with Gasteiger partial charge in [-0.1, -0.05) is 29.8 Å². The van der Waals surface area contributed by atoms with Crippen LogP contribution in [0.1, 0.15) is 19.4 Å². The minimum Gasteiger partial charge on any atom is -0.439 e. The van der Waals surface area contributed by atoms with Gasteiger partial charge in [-0.3, -0.25) is 0 Å². The summed E-state index contributed by atoms with van der Waals surface area (Å²) in [7, 11) is 0. The van der Waals surface area contributed by atoms with Crippen LogP contribution >= 0.6 is 15.9 Å². The van der Waals surface area contributed by atoms with Crippen molar-refractivity contribution in [1.82, 2.24) is 10.3 Å². The molecule has 0 aliphatic carbocycles. The number of nitrogens with one attached hydrogen (secondary N) is 1. The molecule has 0 aliphatic rings. The lowest BCUT2D eigenvalue weighted by atomic mass is 10.2. The van der Waals surface area contributed by atoms with Crippen molar-refractivity contribution in [2.45, 2.75) is 20.4 Å². The molecule has 0 bridgehead atoms. The van der Waals surface area contributed by atoms with E-state index in [0.29, 0.717) is 29.7 Å². The molecule has 21 heavy (non-hydrogen) atoms. The van der Waals surface area contributed by atoms with Gasteiger partial charge in [0.25, 0.3) is 0 Å². The number of halogens is 2. The number of rotatable bonds is 6. The fourth-order valence-corrected chi connectivity index (χ4v) is 2.06. The van der Waals surface area contributed by atoms with Gasteiger partial charge in [-0.05, 0) is 42.8 Å². The molecule has 0 unspecified atom stereocenters. The third-order valence-electron chi connectivity index (χ3n) is 2.79. The molecule has 5 heteroatoms. The summed E-state index contributed by atoms with van der Waals surface area (Å²) in [6, 6.07) is 8.89. The molecule has 2 rings (SSSR count). The van der Waals surface area contributed by atoms with Gasteiger partial charge in [-0.2, -0.15) is 0 Å². The largest absolute Gasteiger partial charge is 0.439 e. The normalized spacial score (nSPS) is 10.9. The van der Waals surface area contributed by atoms with Gasteiger partial charge < -0.3 is 10.1 Å². The highest BCUT2D eigenvalue weighted by molar-refractivity contribution is 9.10. The number of hydrogen-bond donors (Lipinski definition) is 1. The quantitative estimate of drug-likeness (QED) is 0.829. The minimum atomic E-state index is -0.362. The third-order valence-corrected chi connectivity index (χ3v) is 3.32. The van der Waals surface area contributed by atoms with Crippen molar-refractivity contribution in [2.75, 3.05) is 6.54 Å². The van der Waals surface area contributed by atoms with E-state index in [-0.39, 0.29) is 5.82 Å². The molecule has 0 fully saturated rings. The monoisotopic (exact) mass is 352 g/mol. The fraction of sp³-hybridized carbons (Fsp3) is 0.312. The van der Waals surface area contributed by atoms with E-state index >= 15 is 0 Å². The third kappa shape index (κ3) is 5.10. The van der Waals surface area contributed by atoms with Crippen molar-refractivity contribution >= 4 is 15.9 Å². The van der Waals surface area contributed by atoms with E-state index in [1.807, 2.05) is 24.3 Å². The van der Waals surface area contributed by atoms with Crippen LogP contribution in [0.2, 0.25) is 0 Å². The summed E-state index contributed by atoms with van der Waals surface area (Å²) in [5.74, 6) is 1.26. The van der Waals surface area contributed by atoms with Crippen molar-refractivity contribution in [3.05, 3.63) is 52.4 Å². The van der Waals surface area contributed by atoms with Crippen LogP contribution in [0, 0.1) is 11.7 Å². The van der Waals surface area contributed by atoms with Gasteiger partial charge in [0, 0.05) is 16.6 Å². The van der Waals surface area contributed by atoms with Crippen LogP contribution in [-0.4, -0.2) is 11.5 Å². The van der Waals surface area contributed by atoms with Crippen molar-refractivity contribution in [2.24, 2.45) is 5.92 Å². The lowest BCUT2D eigenvalue weighted by Crippen LogP contribution is -2.19. The number of hydrogen-bond acceptors (Lipinski definition) is 3. The average molecular weight is 353 g/mol. The van der Waals surface area contributed by atoms with E-state index in [2.05, 4.69) is 40.1 Å². The first kappa shape index (κ1) is 15.9. The fourth-order valence-electron chi connectivity index (χ4n) is 1.80. The number of aromatic nitrogens is 1. The first-order valence-corrected chi connectivity index (χ1v) is 7.62. The van der Waals surface area contributed by atoms with Crippen LogP contribution < -0.4 is 10.1 Å². The second kappa shape index (κ2) is 7.52. The molecule has 0 aliphatic heterocycles. The highest BCUT2D eigenvalue weighted by Crippen LogP contribution is 2.25. The molecular formula is C16H18BrFN2O. The minimum absolute atomic E-state index is 0.362. The Labute approximate surface area is 132 Å². The summed E-state index contributed by atoms with van der Waals surface area (Å²) < 4.78 is 20.1. The van der Waals surface area contributed by atoms with E-state index in [4.69, 9.17) is 4.74 Å². The summed E-state index contributed by atoms with van der Waals surface area (Å²) in [5, 5.41) is 3.27. The SMILES string of the molecule is CC(C)CNCc1cc(F)cnc1Oc1ccc(Br)cc1. The average Bonchev–Trinajstić information content (AvgIpc) is 2.43. The lowest BCUT2D eigenvalue weighted by Gasteiger charge is -2.12. The standard InChI is InChI=1S/C16H18BrFN2O/c1-11(2)8-19-9-12-7-14(18)10-20-16(12)21-15-5-3-13(17)4-6-15/h3-7,10-11,19H,8-9H2,1-2H3. The second-order valence-electron chi connectivity index (χ2n) is 5.20. The molecule has 2 aromatic rings. The van der Waals surface area contributed by atoms with Gasteiger partial charge in [0.2, 0.25) is 5.88 Å². The van der Waals surface area contributed by atoms with Crippen LogP contribution in [0.25, 0.3) is 0 Å². The smallest absolute Gasteiger partial charge is 0.223 e. The number of ether oxygens (including phenoxy) is 1. The molecule has 1 aromatic carbocycles. The highest BCUT2D eigenvalue weighted by atomic mass is 79.9. The van der Waals surface area contributed by atoms with E-state index in [1.54, 1.807) is 0 Å². The maximum atomic E-state index is 13.4. The number of nitrogens with zero attached hydrogens (tertiary/aromatic N) is 1. The van der Waals surface area contributed by atoms with Crippen molar-refractivity contribution in [1.29, 1.82) is 0 Å². The molecule has 0 saturated carbocycles. The highest BCUT2D eigenvalue weighted by Gasteiger charge is 2.09. The summed E-state index contributed by atoms with van der Waals surface area (Å²) >= 11 is 3.37. The Balaban J connectivity index is 2.12. The molecule has 1 N–H and O–H groups in total. The van der Waals surface area contributed by atoms with Crippen LogP contribution in [0.15, 0.2) is 41.0 Å². The molecule has 0 saturated heterocycles. The zero-order valence-electron chi connectivity index (χ0n) is 12.1. The van der Waals surface area contributed by atoms with Crippen LogP contribution in [0.5, 0.6) is 11.6 Å². The van der Waals surface area contributed by atoms with Crippen LogP contribution in [-0.2, 0) is 6.54 Å². The zero-order chi connectivity index (χ0) is 15.2. The Morgan fingerprint density at radius 2 is 2.00 bits per heavy atom. The van der Waals surface area contributed by atoms with Crippen molar-refractivity contribution < 1.29 is 9.13 Å². The number of benzene rings is 1. The van der Waals surface area contributed by atoms with Crippen LogP contribution in [0.3, 0.4) is 0 Å². The predicted molar refractivity (Wildman–Crippen MR) is 85.0 cm³/mol. The van der Waals surface area contributed by atoms with E-state index in [0.717, 1.165) is 11.0 Å². The summed E-state index contributed by atoms with van der Waals surface area (Å²) in [6.45, 7) is 5.62. The Morgan fingerprint density at radius 3 is 2.67 bits per heavy atom. The van der Waals surface area contributed by atoms with Crippen LogP contribution in [0.4, 0.5) is 4.39 Å². The molecule has 112 valence electrons. The van der Waals surface area contributed by atoms with Gasteiger partial charge in [0.05, 0.1) is 6.20 Å². The topological polar surface area (TPSA) is 34.2 Å². The summed E-state index contributed by atoms with van der Waals surface area (Å²) in [5.41, 5.74) is 0.707. The Hall–Kier alpha value is -1.46. The van der Waals surface area contributed by atoms with E-state index in [1.165, 1.54) is 12.3 Å². The maximum Gasteiger partial charge on any atom is 0.223 e. The molecular weight excluding hydrogens is 335 g/mol. The molecule has 3 nitrogen and oxygen atoms in total. The van der Waals surface area contributed by atoms with Gasteiger partial charge in [0.1, 0.15) is 11.6 Å². The summed E-state index contributed by atoms with van der Waals surface area (Å²) in [4.78, 5) is 4.04. The van der Waals surface area contributed by atoms with E-state index in [9.17, 15) is 4.39 Å². The van der Waals surface area contributed by atoms with Gasteiger partial charge in [-0.15, -0.1) is 0 Å². The lowest BCUT2D eigenvalue weighted by molar-refractivity contribution is 0.445. The molecule has 0 radical (unpaired) electrons. The molecule has 1 aromatic heterocycles. The Bertz CT molecular complexity index is 587. The van der Waals surface area contributed by atoms with Gasteiger partial charge >= 0.3 is 0 Å². The van der Waals surface area contributed by atoms with E-state index < -0.39 is 0 Å². The zero-order valence-corrected chi connectivity index (χ0v) is 13.7. The predicted octanol–water partition coefficient (Wildman–Crippen LogP) is 4.52. The Morgan fingerprint density at radius 1 is 1.29 bits per heavy atom. The van der Waals surface area contributed by atoms with Crippen molar-refractivity contribution in [3.63, 3.8) is 0 Å². The van der Waals surface area contributed by atoms with Gasteiger partial charge in [-0.25, -0.2) is 9.37 Å². The van der Waals surface area contributed by atoms with Crippen molar-refractivity contribution in [3.8, 4) is 11.6 Å². The number of pyridine rings is 1. The molecule has 0 amide bonds. The first-order chi connectivity index (χ1) is 10.0. The maximum absolute atomic E-state index is 13.4. The second-order valence-corrected chi connectivity index (χ2v) is 6.11. The van der Waals surface area contributed by atoms with Gasteiger partial charge in [0.15, 0.2) is 0 Å². The first-order valence-electron chi connectivity index (χ1n) is 6.83. The molecule has 0 spiro atoms. The molecule has 0 atom stereocenters. The summed E-state index contributed by atoms with van der Waals surface area (Å²) in [6.07, 6.45) is 1.17. The Kier molecular flexibility index (Phi) is 5.70.